The minimum atomic E-state index is 0.813. The fourth-order valence-electron chi connectivity index (χ4n) is 3.74. The SMILES string of the molecule is CC1SCCCC1N1CC2CCCNC2C1. The Morgan fingerprint density at radius 1 is 1.19 bits per heavy atom. The van der Waals surface area contributed by atoms with Crippen molar-refractivity contribution < 1.29 is 0 Å². The lowest BCUT2D eigenvalue weighted by Crippen LogP contribution is -2.44. The van der Waals surface area contributed by atoms with Gasteiger partial charge in [0.2, 0.25) is 0 Å². The average molecular weight is 240 g/mol. The summed E-state index contributed by atoms with van der Waals surface area (Å²) in [5.74, 6) is 2.34. The highest BCUT2D eigenvalue weighted by Gasteiger charge is 2.39. The molecule has 0 bridgehead atoms. The third kappa shape index (κ3) is 2.14. The van der Waals surface area contributed by atoms with Crippen LogP contribution in [0.2, 0.25) is 0 Å². The number of piperidine rings is 1. The van der Waals surface area contributed by atoms with Gasteiger partial charge in [0.15, 0.2) is 0 Å². The van der Waals surface area contributed by atoms with Crippen LogP contribution in [0.4, 0.5) is 0 Å². The first-order valence-corrected chi connectivity index (χ1v) is 7.98. The molecule has 3 heterocycles. The number of nitrogens with zero attached hydrogens (tertiary/aromatic N) is 1. The van der Waals surface area contributed by atoms with Gasteiger partial charge >= 0.3 is 0 Å². The Bertz CT molecular complexity index is 232. The summed E-state index contributed by atoms with van der Waals surface area (Å²) in [5.41, 5.74) is 0. The molecule has 1 N–H and O–H groups in total. The van der Waals surface area contributed by atoms with Crippen LogP contribution in [-0.2, 0) is 0 Å². The van der Waals surface area contributed by atoms with Gasteiger partial charge in [-0.15, -0.1) is 0 Å². The van der Waals surface area contributed by atoms with Crippen molar-refractivity contribution in [2.45, 2.75) is 49.9 Å². The van der Waals surface area contributed by atoms with Gasteiger partial charge in [0.1, 0.15) is 0 Å². The maximum Gasteiger partial charge on any atom is 0.0235 e. The van der Waals surface area contributed by atoms with E-state index >= 15 is 0 Å². The van der Waals surface area contributed by atoms with Crippen LogP contribution in [0.1, 0.15) is 32.6 Å². The third-order valence-electron chi connectivity index (χ3n) is 4.66. The predicted octanol–water partition coefficient (Wildman–Crippen LogP) is 1.95. The van der Waals surface area contributed by atoms with E-state index in [1.807, 2.05) is 0 Å². The second kappa shape index (κ2) is 4.87. The fourth-order valence-corrected chi connectivity index (χ4v) is 4.97. The Balaban J connectivity index is 1.63. The number of thioether (sulfide) groups is 1. The van der Waals surface area contributed by atoms with Crippen molar-refractivity contribution >= 4 is 11.8 Å². The van der Waals surface area contributed by atoms with Crippen LogP contribution in [0.15, 0.2) is 0 Å². The van der Waals surface area contributed by atoms with E-state index in [2.05, 4.69) is 28.9 Å². The van der Waals surface area contributed by atoms with Crippen molar-refractivity contribution in [3.05, 3.63) is 0 Å². The molecule has 3 heteroatoms. The molecule has 0 aliphatic carbocycles. The maximum atomic E-state index is 3.72. The van der Waals surface area contributed by atoms with Gasteiger partial charge in [0.25, 0.3) is 0 Å². The molecule has 0 amide bonds. The monoisotopic (exact) mass is 240 g/mol. The fraction of sp³-hybridized carbons (Fsp3) is 1.00. The van der Waals surface area contributed by atoms with E-state index in [0.717, 1.165) is 23.3 Å². The maximum absolute atomic E-state index is 3.72. The summed E-state index contributed by atoms with van der Waals surface area (Å²) in [6.07, 6.45) is 5.72. The van der Waals surface area contributed by atoms with Gasteiger partial charge in [-0.25, -0.2) is 0 Å². The summed E-state index contributed by atoms with van der Waals surface area (Å²) < 4.78 is 0. The molecule has 0 saturated carbocycles. The Morgan fingerprint density at radius 2 is 2.12 bits per heavy atom. The first-order chi connectivity index (χ1) is 7.84. The molecule has 3 aliphatic rings. The molecule has 16 heavy (non-hydrogen) atoms. The lowest BCUT2D eigenvalue weighted by molar-refractivity contribution is 0.215. The molecule has 3 rings (SSSR count). The van der Waals surface area contributed by atoms with E-state index in [-0.39, 0.29) is 0 Å². The van der Waals surface area contributed by atoms with Crippen LogP contribution < -0.4 is 5.32 Å². The average Bonchev–Trinajstić information content (AvgIpc) is 2.73. The number of hydrogen-bond donors (Lipinski definition) is 1. The lowest BCUT2D eigenvalue weighted by Gasteiger charge is -2.35. The highest BCUT2D eigenvalue weighted by atomic mass is 32.2. The van der Waals surface area contributed by atoms with Crippen LogP contribution in [0.25, 0.3) is 0 Å². The first-order valence-electron chi connectivity index (χ1n) is 6.93. The normalized spacial score (nSPS) is 45.6. The summed E-state index contributed by atoms with van der Waals surface area (Å²) in [7, 11) is 0. The number of fused-ring (bicyclic) bond motifs is 1. The summed E-state index contributed by atoms with van der Waals surface area (Å²) in [4.78, 5) is 2.80. The van der Waals surface area contributed by atoms with Crippen LogP contribution in [0, 0.1) is 5.92 Å². The summed E-state index contributed by atoms with van der Waals surface area (Å²) in [5, 5.41) is 4.57. The standard InChI is InChI=1S/C13H24N2S/c1-10-13(5-3-7-16-10)15-8-11-4-2-6-14-12(11)9-15/h10-14H,2-9H2,1H3. The van der Waals surface area contributed by atoms with Crippen molar-refractivity contribution in [3.8, 4) is 0 Å². The minimum absolute atomic E-state index is 0.813. The second-order valence-corrected chi connectivity index (χ2v) is 7.19. The Morgan fingerprint density at radius 3 is 2.94 bits per heavy atom. The number of rotatable bonds is 1. The summed E-state index contributed by atoms with van der Waals surface area (Å²) in [6.45, 7) is 6.38. The molecule has 0 aromatic carbocycles. The molecular formula is C13H24N2S. The minimum Gasteiger partial charge on any atom is -0.312 e. The van der Waals surface area contributed by atoms with Crippen molar-refractivity contribution in [3.63, 3.8) is 0 Å². The van der Waals surface area contributed by atoms with Crippen molar-refractivity contribution in [2.24, 2.45) is 5.92 Å². The predicted molar refractivity (Wildman–Crippen MR) is 71.0 cm³/mol. The zero-order valence-corrected chi connectivity index (χ0v) is 11.1. The lowest BCUT2D eigenvalue weighted by atomic mass is 9.94. The highest BCUT2D eigenvalue weighted by Crippen LogP contribution is 2.34. The topological polar surface area (TPSA) is 15.3 Å². The number of likely N-dealkylation sites (tertiary alicyclic amines) is 1. The third-order valence-corrected chi connectivity index (χ3v) is 6.03. The Labute approximate surface area is 104 Å². The van der Waals surface area contributed by atoms with Gasteiger partial charge in [-0.2, -0.15) is 11.8 Å². The molecule has 3 fully saturated rings. The zero-order valence-electron chi connectivity index (χ0n) is 10.3. The van der Waals surface area contributed by atoms with Crippen LogP contribution in [0.3, 0.4) is 0 Å². The van der Waals surface area contributed by atoms with Gasteiger partial charge in [-0.1, -0.05) is 6.92 Å². The van der Waals surface area contributed by atoms with E-state index in [1.54, 1.807) is 0 Å². The number of nitrogens with one attached hydrogen (secondary N) is 1. The van der Waals surface area contributed by atoms with Crippen molar-refractivity contribution in [1.29, 1.82) is 0 Å². The molecule has 4 atom stereocenters. The van der Waals surface area contributed by atoms with E-state index in [1.165, 1.54) is 51.1 Å². The zero-order chi connectivity index (χ0) is 11.0. The van der Waals surface area contributed by atoms with Gasteiger partial charge in [-0.05, 0) is 43.9 Å². The first kappa shape index (κ1) is 11.4. The molecular weight excluding hydrogens is 216 g/mol. The van der Waals surface area contributed by atoms with Crippen molar-refractivity contribution in [2.75, 3.05) is 25.4 Å². The molecule has 3 saturated heterocycles. The van der Waals surface area contributed by atoms with Crippen LogP contribution in [-0.4, -0.2) is 47.6 Å². The highest BCUT2D eigenvalue weighted by molar-refractivity contribution is 7.99. The van der Waals surface area contributed by atoms with E-state index < -0.39 is 0 Å². The van der Waals surface area contributed by atoms with Gasteiger partial charge in [-0.3, -0.25) is 4.90 Å². The number of hydrogen-bond acceptors (Lipinski definition) is 3. The molecule has 0 radical (unpaired) electrons. The van der Waals surface area contributed by atoms with Gasteiger partial charge in [0, 0.05) is 30.4 Å². The Hall–Kier alpha value is 0.270. The molecule has 2 nitrogen and oxygen atoms in total. The van der Waals surface area contributed by atoms with Crippen LogP contribution >= 0.6 is 11.8 Å². The second-order valence-electron chi connectivity index (χ2n) is 5.70. The van der Waals surface area contributed by atoms with Crippen molar-refractivity contribution in [1.82, 2.24) is 10.2 Å². The summed E-state index contributed by atoms with van der Waals surface area (Å²) >= 11 is 2.18. The van der Waals surface area contributed by atoms with Gasteiger partial charge < -0.3 is 5.32 Å². The molecule has 0 aromatic rings. The Kier molecular flexibility index (Phi) is 3.46. The molecule has 4 unspecified atom stereocenters. The van der Waals surface area contributed by atoms with Crippen LogP contribution in [0.5, 0.6) is 0 Å². The van der Waals surface area contributed by atoms with Gasteiger partial charge in [0.05, 0.1) is 0 Å². The molecule has 92 valence electrons. The van der Waals surface area contributed by atoms with E-state index in [0.29, 0.717) is 0 Å². The summed E-state index contributed by atoms with van der Waals surface area (Å²) in [6, 6.07) is 1.68. The molecule has 3 aliphatic heterocycles. The largest absolute Gasteiger partial charge is 0.312 e. The quantitative estimate of drug-likeness (QED) is 0.754. The molecule has 0 spiro atoms. The van der Waals surface area contributed by atoms with E-state index in [4.69, 9.17) is 0 Å². The smallest absolute Gasteiger partial charge is 0.0235 e. The van der Waals surface area contributed by atoms with E-state index in [9.17, 15) is 0 Å². The molecule has 0 aromatic heterocycles.